The smallest absolute Gasteiger partial charge is 0.341 e. The lowest BCUT2D eigenvalue weighted by molar-refractivity contribution is -0.385. The lowest BCUT2D eigenvalue weighted by atomic mass is 10.1. The summed E-state index contributed by atoms with van der Waals surface area (Å²) >= 11 is 0.930. The molecule has 0 bridgehead atoms. The minimum Gasteiger partial charge on any atom is -0.462 e. The molecule has 10 heteroatoms. The fraction of sp³-hybridized carbons (Fsp3) is 0.208. The number of ether oxygens (including phenoxy) is 1. The number of carbonyl (C=O) groups is 3. The summed E-state index contributed by atoms with van der Waals surface area (Å²) in [7, 11) is 0. The number of aryl methyl sites for hydroxylation is 2. The Bertz CT molecular complexity index is 1300. The highest BCUT2D eigenvalue weighted by Crippen LogP contribution is 2.35. The van der Waals surface area contributed by atoms with E-state index in [1.54, 1.807) is 32.9 Å². The normalized spacial score (nSPS) is 10.5. The molecule has 0 fully saturated rings. The Hall–Kier alpha value is -4.05. The topological polar surface area (TPSA) is 128 Å². The van der Waals surface area contributed by atoms with Crippen LogP contribution in [-0.2, 0) is 4.74 Å². The van der Waals surface area contributed by atoms with Gasteiger partial charge in [0.25, 0.3) is 17.5 Å². The number of rotatable bonds is 7. The second-order valence-electron chi connectivity index (χ2n) is 7.52. The second-order valence-corrected chi connectivity index (χ2v) is 8.54. The predicted octanol–water partition coefficient (Wildman–Crippen LogP) is 5.26. The highest BCUT2D eigenvalue weighted by molar-refractivity contribution is 7.19. The molecule has 34 heavy (non-hydrogen) atoms. The maximum Gasteiger partial charge on any atom is 0.341 e. The number of esters is 1. The molecule has 0 aliphatic heterocycles. The van der Waals surface area contributed by atoms with Crippen LogP contribution in [0.15, 0.2) is 42.5 Å². The Kier molecular flexibility index (Phi) is 7.42. The van der Waals surface area contributed by atoms with Crippen LogP contribution in [0.4, 0.5) is 16.4 Å². The Morgan fingerprint density at radius 2 is 1.76 bits per heavy atom. The number of anilines is 2. The van der Waals surface area contributed by atoms with Crippen molar-refractivity contribution in [3.63, 3.8) is 0 Å². The van der Waals surface area contributed by atoms with E-state index in [1.165, 1.54) is 18.2 Å². The van der Waals surface area contributed by atoms with Crippen LogP contribution >= 0.6 is 11.3 Å². The molecule has 2 amide bonds. The third-order valence-electron chi connectivity index (χ3n) is 5.00. The molecule has 1 aromatic heterocycles. The summed E-state index contributed by atoms with van der Waals surface area (Å²) in [6, 6.07) is 11.3. The molecule has 9 nitrogen and oxygen atoms in total. The van der Waals surface area contributed by atoms with Crippen LogP contribution in [0.3, 0.4) is 0 Å². The number of nitrogens with one attached hydrogen (secondary N) is 2. The molecule has 0 atom stereocenters. The first-order valence-corrected chi connectivity index (χ1v) is 11.2. The molecule has 2 N–H and O–H groups in total. The fourth-order valence-electron chi connectivity index (χ4n) is 3.30. The van der Waals surface area contributed by atoms with Crippen LogP contribution in [0.1, 0.15) is 54.0 Å². The first kappa shape index (κ1) is 24.6. The van der Waals surface area contributed by atoms with Crippen molar-refractivity contribution in [1.82, 2.24) is 0 Å². The molecule has 3 rings (SSSR count). The molecule has 0 saturated carbocycles. The van der Waals surface area contributed by atoms with Gasteiger partial charge in [0.2, 0.25) is 0 Å². The first-order chi connectivity index (χ1) is 16.1. The van der Waals surface area contributed by atoms with Gasteiger partial charge in [-0.25, -0.2) is 4.79 Å². The zero-order chi connectivity index (χ0) is 25.0. The number of nitro benzene ring substituents is 1. The van der Waals surface area contributed by atoms with Gasteiger partial charge in [-0.15, -0.1) is 11.3 Å². The summed E-state index contributed by atoms with van der Waals surface area (Å²) in [5, 5.41) is 16.8. The average molecular weight is 482 g/mol. The molecule has 0 aliphatic carbocycles. The number of hydrogen-bond acceptors (Lipinski definition) is 7. The molecule has 2 aromatic carbocycles. The minimum atomic E-state index is -0.684. The third kappa shape index (κ3) is 5.29. The summed E-state index contributed by atoms with van der Waals surface area (Å²) in [5.41, 5.74) is 2.25. The van der Waals surface area contributed by atoms with Crippen molar-refractivity contribution < 1.29 is 24.0 Å². The number of nitrogens with zero attached hydrogens (tertiary/aromatic N) is 1. The molecule has 0 saturated heterocycles. The number of hydrogen-bond donors (Lipinski definition) is 2. The van der Waals surface area contributed by atoms with Gasteiger partial charge in [-0.1, -0.05) is 18.2 Å². The molecule has 0 radical (unpaired) electrons. The summed E-state index contributed by atoms with van der Waals surface area (Å²) in [5.74, 6) is -1.78. The van der Waals surface area contributed by atoms with E-state index in [1.807, 2.05) is 19.1 Å². The van der Waals surface area contributed by atoms with Gasteiger partial charge in [0.15, 0.2) is 0 Å². The van der Waals surface area contributed by atoms with Crippen molar-refractivity contribution in [2.75, 3.05) is 17.2 Å². The highest BCUT2D eigenvalue weighted by Gasteiger charge is 2.27. The van der Waals surface area contributed by atoms with Gasteiger partial charge in [-0.3, -0.25) is 19.7 Å². The van der Waals surface area contributed by atoms with Crippen molar-refractivity contribution in [2.24, 2.45) is 0 Å². The van der Waals surface area contributed by atoms with Crippen LogP contribution in [0, 0.1) is 30.9 Å². The Morgan fingerprint density at radius 1 is 1.03 bits per heavy atom. The van der Waals surface area contributed by atoms with E-state index >= 15 is 0 Å². The number of thiophene rings is 1. The Morgan fingerprint density at radius 3 is 2.41 bits per heavy atom. The maximum absolute atomic E-state index is 13.0. The summed E-state index contributed by atoms with van der Waals surface area (Å²) in [4.78, 5) is 49.4. The summed E-state index contributed by atoms with van der Waals surface area (Å²) in [6.45, 7) is 6.82. The van der Waals surface area contributed by atoms with Gasteiger partial charge in [-0.05, 0) is 57.0 Å². The zero-order valence-electron chi connectivity index (χ0n) is 19.1. The monoisotopic (exact) mass is 481 g/mol. The lowest BCUT2D eigenvalue weighted by Crippen LogP contribution is -2.15. The van der Waals surface area contributed by atoms with E-state index in [4.69, 9.17) is 4.74 Å². The molecule has 176 valence electrons. The number of nitro groups is 1. The third-order valence-corrected chi connectivity index (χ3v) is 6.21. The van der Waals surface area contributed by atoms with Crippen LogP contribution in [-0.4, -0.2) is 29.3 Å². The zero-order valence-corrected chi connectivity index (χ0v) is 19.9. The Balaban J connectivity index is 1.97. The molecule has 0 aliphatic rings. The summed E-state index contributed by atoms with van der Waals surface area (Å²) < 4.78 is 5.13. The van der Waals surface area contributed by atoms with E-state index in [0.717, 1.165) is 16.9 Å². The van der Waals surface area contributed by atoms with Gasteiger partial charge >= 0.3 is 5.97 Å². The molecule has 3 aromatic rings. The standard InChI is InChI=1S/C24H23N3O6S/c1-5-33-24(30)19-15(4)20(22(29)25-17-8-6-7-13(2)11-17)34-23(19)26-21(28)16-10-9-14(3)18(12-16)27(31)32/h6-12H,5H2,1-4H3,(H,25,29)(H,26,28). The van der Waals surface area contributed by atoms with Gasteiger partial charge < -0.3 is 15.4 Å². The number of carbonyl (C=O) groups excluding carboxylic acids is 3. The van der Waals surface area contributed by atoms with E-state index in [9.17, 15) is 24.5 Å². The molecular weight excluding hydrogens is 458 g/mol. The molecule has 1 heterocycles. The van der Waals surface area contributed by atoms with Crippen molar-refractivity contribution in [3.05, 3.63) is 85.3 Å². The largest absolute Gasteiger partial charge is 0.462 e. The van der Waals surface area contributed by atoms with Gasteiger partial charge in [0.1, 0.15) is 5.00 Å². The molecular formula is C24H23N3O6S. The summed E-state index contributed by atoms with van der Waals surface area (Å²) in [6.07, 6.45) is 0. The number of benzene rings is 2. The van der Waals surface area contributed by atoms with Crippen molar-refractivity contribution >= 4 is 45.5 Å². The molecule has 0 unspecified atom stereocenters. The lowest BCUT2D eigenvalue weighted by Gasteiger charge is -2.08. The van der Waals surface area contributed by atoms with Crippen LogP contribution in [0.5, 0.6) is 0 Å². The Labute approximate surface area is 199 Å². The van der Waals surface area contributed by atoms with E-state index in [0.29, 0.717) is 16.8 Å². The first-order valence-electron chi connectivity index (χ1n) is 10.4. The second kappa shape index (κ2) is 10.3. The quantitative estimate of drug-likeness (QED) is 0.269. The predicted molar refractivity (Wildman–Crippen MR) is 130 cm³/mol. The van der Waals surface area contributed by atoms with Gasteiger partial charge in [-0.2, -0.15) is 0 Å². The fourth-order valence-corrected chi connectivity index (χ4v) is 4.39. The van der Waals surface area contributed by atoms with Gasteiger partial charge in [0.05, 0.1) is 22.0 Å². The van der Waals surface area contributed by atoms with Crippen molar-refractivity contribution in [2.45, 2.75) is 27.7 Å². The van der Waals surface area contributed by atoms with Crippen molar-refractivity contribution in [1.29, 1.82) is 0 Å². The van der Waals surface area contributed by atoms with Gasteiger partial charge in [0, 0.05) is 22.9 Å². The van der Waals surface area contributed by atoms with Crippen LogP contribution in [0.2, 0.25) is 0 Å². The van der Waals surface area contributed by atoms with E-state index in [2.05, 4.69) is 10.6 Å². The van der Waals surface area contributed by atoms with Crippen molar-refractivity contribution in [3.8, 4) is 0 Å². The minimum absolute atomic E-state index is 0.0453. The molecule has 0 spiro atoms. The van der Waals surface area contributed by atoms with E-state index < -0.39 is 22.7 Å². The van der Waals surface area contributed by atoms with E-state index in [-0.39, 0.29) is 33.3 Å². The van der Waals surface area contributed by atoms with Crippen LogP contribution in [0.25, 0.3) is 0 Å². The van der Waals surface area contributed by atoms with Crippen LogP contribution < -0.4 is 10.6 Å². The SMILES string of the molecule is CCOC(=O)c1c(NC(=O)c2ccc(C)c([N+](=O)[O-])c2)sc(C(=O)Nc2cccc(C)c2)c1C. The highest BCUT2D eigenvalue weighted by atomic mass is 32.1. The average Bonchev–Trinajstić information content (AvgIpc) is 3.09. The number of amides is 2. The maximum atomic E-state index is 13.0.